The Labute approximate surface area is 173 Å². The van der Waals surface area contributed by atoms with E-state index in [-0.39, 0.29) is 5.91 Å². The molecule has 0 radical (unpaired) electrons. The number of amides is 1. The zero-order chi connectivity index (χ0) is 20.1. The Kier molecular flexibility index (Phi) is 5.59. The number of thiazole rings is 1. The second-order valence-electron chi connectivity index (χ2n) is 6.52. The number of hydrazone groups is 1. The molecule has 4 aromatic rings. The van der Waals surface area contributed by atoms with Crippen LogP contribution in [-0.2, 0) is 4.79 Å². The van der Waals surface area contributed by atoms with Gasteiger partial charge in [0.1, 0.15) is 0 Å². The molecule has 0 N–H and O–H groups in total. The minimum absolute atomic E-state index is 0.253. The minimum atomic E-state index is -0.253. The molecule has 0 aliphatic rings. The van der Waals surface area contributed by atoms with Gasteiger partial charge in [-0.2, -0.15) is 10.1 Å². The van der Waals surface area contributed by atoms with Crippen LogP contribution in [0.4, 0.5) is 5.13 Å². The van der Waals surface area contributed by atoms with E-state index in [1.165, 1.54) is 22.4 Å². The van der Waals surface area contributed by atoms with Crippen molar-refractivity contribution >= 4 is 44.9 Å². The van der Waals surface area contributed by atoms with E-state index in [1.807, 2.05) is 79.7 Å². The highest BCUT2D eigenvalue weighted by atomic mass is 32.1. The number of aryl methyl sites for hydroxylation is 1. The monoisotopic (exact) mass is 397 g/mol. The third-order valence-corrected chi connectivity index (χ3v) is 5.26. The summed E-state index contributed by atoms with van der Waals surface area (Å²) in [5.41, 5.74) is 3.87. The zero-order valence-electron chi connectivity index (χ0n) is 15.9. The number of nitrogens with zero attached hydrogens (tertiary/aromatic N) is 3. The molecule has 0 fully saturated rings. The number of hydrogen-bond acceptors (Lipinski definition) is 4. The lowest BCUT2D eigenvalue weighted by atomic mass is 10.2. The van der Waals surface area contributed by atoms with Crippen LogP contribution in [0.5, 0.6) is 0 Å². The summed E-state index contributed by atoms with van der Waals surface area (Å²) in [5, 5.41) is 6.35. The van der Waals surface area contributed by atoms with Crippen LogP contribution in [0, 0.1) is 6.92 Å². The Hall–Kier alpha value is -3.57. The van der Waals surface area contributed by atoms with Crippen LogP contribution in [0.3, 0.4) is 0 Å². The fourth-order valence-electron chi connectivity index (χ4n) is 2.78. The summed E-state index contributed by atoms with van der Waals surface area (Å²) in [7, 11) is 0. The molecule has 4 nitrogen and oxygen atoms in total. The third-order valence-electron chi connectivity index (χ3n) is 4.26. The molecule has 4 rings (SSSR count). The molecule has 0 aliphatic heterocycles. The number of hydrogen-bond donors (Lipinski definition) is 0. The number of anilines is 1. The van der Waals surface area contributed by atoms with Crippen molar-refractivity contribution in [2.24, 2.45) is 5.10 Å². The third kappa shape index (κ3) is 4.65. The van der Waals surface area contributed by atoms with Gasteiger partial charge in [-0.05, 0) is 41.8 Å². The first kappa shape index (κ1) is 18.8. The molecular weight excluding hydrogens is 378 g/mol. The fraction of sp³-hybridized carbons (Fsp3) is 0.0417. The number of carbonyl (C=O) groups excluding carboxylic acids is 1. The van der Waals surface area contributed by atoms with Crippen LogP contribution in [-0.4, -0.2) is 17.1 Å². The second kappa shape index (κ2) is 8.63. The van der Waals surface area contributed by atoms with E-state index in [0.29, 0.717) is 5.13 Å². The number of carbonyl (C=O) groups is 1. The molecule has 0 spiro atoms. The van der Waals surface area contributed by atoms with Gasteiger partial charge in [0.25, 0.3) is 5.91 Å². The zero-order valence-corrected chi connectivity index (χ0v) is 16.7. The lowest BCUT2D eigenvalue weighted by molar-refractivity contribution is -0.114. The summed E-state index contributed by atoms with van der Waals surface area (Å²) < 4.78 is 1.03. The maximum absolute atomic E-state index is 13.0. The van der Waals surface area contributed by atoms with Gasteiger partial charge < -0.3 is 0 Å². The van der Waals surface area contributed by atoms with E-state index < -0.39 is 0 Å². The van der Waals surface area contributed by atoms with Crippen molar-refractivity contribution in [2.75, 3.05) is 5.01 Å². The molecular formula is C24H19N3OS. The standard InChI is InChI=1S/C24H19N3OS/c1-18-12-14-21-22(16-18)29-24(26-21)27(25-17-20-10-6-3-7-11-20)23(28)15-13-19-8-4-2-5-9-19/h2-17H,1H3/b15-13+,25-17+. The molecule has 1 aromatic heterocycles. The van der Waals surface area contributed by atoms with Crippen molar-refractivity contribution in [3.63, 3.8) is 0 Å². The molecule has 0 saturated carbocycles. The molecule has 3 aromatic carbocycles. The molecule has 5 heteroatoms. The van der Waals surface area contributed by atoms with Crippen molar-refractivity contribution in [3.05, 3.63) is 102 Å². The molecule has 142 valence electrons. The Morgan fingerprint density at radius 3 is 2.38 bits per heavy atom. The van der Waals surface area contributed by atoms with Gasteiger partial charge in [0.15, 0.2) is 0 Å². The molecule has 0 unspecified atom stereocenters. The first-order valence-electron chi connectivity index (χ1n) is 9.22. The quantitative estimate of drug-likeness (QED) is 0.247. The van der Waals surface area contributed by atoms with Crippen molar-refractivity contribution in [3.8, 4) is 0 Å². The highest BCUT2D eigenvalue weighted by Gasteiger charge is 2.17. The Bertz CT molecular complexity index is 1180. The number of fused-ring (bicyclic) bond motifs is 1. The first-order chi connectivity index (χ1) is 14.2. The van der Waals surface area contributed by atoms with Crippen molar-refractivity contribution in [1.29, 1.82) is 0 Å². The predicted molar refractivity (Wildman–Crippen MR) is 121 cm³/mol. The smallest absolute Gasteiger partial charge is 0.267 e. The molecule has 0 atom stereocenters. The predicted octanol–water partition coefficient (Wildman–Crippen LogP) is 5.69. The molecule has 0 saturated heterocycles. The van der Waals surface area contributed by atoms with Gasteiger partial charge in [-0.3, -0.25) is 4.79 Å². The van der Waals surface area contributed by atoms with Crippen LogP contribution in [0.15, 0.2) is 90.0 Å². The topological polar surface area (TPSA) is 45.6 Å². The van der Waals surface area contributed by atoms with E-state index in [4.69, 9.17) is 0 Å². The molecule has 0 bridgehead atoms. The molecule has 0 aliphatic carbocycles. The summed E-state index contributed by atoms with van der Waals surface area (Å²) in [5.74, 6) is -0.253. The Balaban J connectivity index is 1.68. The van der Waals surface area contributed by atoms with E-state index in [0.717, 1.165) is 26.9 Å². The van der Waals surface area contributed by atoms with Gasteiger partial charge in [-0.15, -0.1) is 0 Å². The molecule has 1 heterocycles. The van der Waals surface area contributed by atoms with Gasteiger partial charge in [0, 0.05) is 6.08 Å². The van der Waals surface area contributed by atoms with E-state index >= 15 is 0 Å². The lowest BCUT2D eigenvalue weighted by Gasteiger charge is -2.11. The van der Waals surface area contributed by atoms with Crippen LogP contribution in [0.2, 0.25) is 0 Å². The summed E-state index contributed by atoms with van der Waals surface area (Å²) >= 11 is 1.45. The number of benzene rings is 3. The van der Waals surface area contributed by atoms with Gasteiger partial charge in [-0.1, -0.05) is 78.1 Å². The summed E-state index contributed by atoms with van der Waals surface area (Å²) in [6.07, 6.45) is 4.98. The van der Waals surface area contributed by atoms with Crippen molar-refractivity contribution in [2.45, 2.75) is 6.92 Å². The van der Waals surface area contributed by atoms with E-state index in [2.05, 4.69) is 16.2 Å². The fourth-order valence-corrected chi connectivity index (χ4v) is 3.80. The van der Waals surface area contributed by atoms with E-state index in [9.17, 15) is 4.79 Å². The lowest BCUT2D eigenvalue weighted by Crippen LogP contribution is -2.23. The van der Waals surface area contributed by atoms with Gasteiger partial charge >= 0.3 is 0 Å². The van der Waals surface area contributed by atoms with Crippen LogP contribution >= 0.6 is 11.3 Å². The number of rotatable bonds is 5. The van der Waals surface area contributed by atoms with Gasteiger partial charge in [0.05, 0.1) is 16.4 Å². The Morgan fingerprint density at radius 1 is 0.966 bits per heavy atom. The average Bonchev–Trinajstić information content (AvgIpc) is 3.16. The SMILES string of the molecule is Cc1ccc2nc(N(/N=C/c3ccccc3)C(=O)/C=C/c3ccccc3)sc2c1. The highest BCUT2D eigenvalue weighted by Crippen LogP contribution is 2.30. The van der Waals surface area contributed by atoms with Gasteiger partial charge in [-0.25, -0.2) is 4.98 Å². The van der Waals surface area contributed by atoms with Crippen LogP contribution in [0.1, 0.15) is 16.7 Å². The normalized spacial score (nSPS) is 11.5. The summed E-state index contributed by atoms with van der Waals surface area (Å²) in [6.45, 7) is 2.04. The summed E-state index contributed by atoms with van der Waals surface area (Å²) in [4.78, 5) is 17.6. The van der Waals surface area contributed by atoms with Gasteiger partial charge in [0.2, 0.25) is 5.13 Å². The van der Waals surface area contributed by atoms with Crippen molar-refractivity contribution in [1.82, 2.24) is 4.98 Å². The molecule has 1 amide bonds. The van der Waals surface area contributed by atoms with Crippen LogP contribution < -0.4 is 5.01 Å². The largest absolute Gasteiger partial charge is 0.273 e. The average molecular weight is 398 g/mol. The maximum atomic E-state index is 13.0. The maximum Gasteiger partial charge on any atom is 0.273 e. The second-order valence-corrected chi connectivity index (χ2v) is 7.53. The molecule has 29 heavy (non-hydrogen) atoms. The highest BCUT2D eigenvalue weighted by molar-refractivity contribution is 7.22. The first-order valence-corrected chi connectivity index (χ1v) is 10.0. The summed E-state index contributed by atoms with van der Waals surface area (Å²) in [6, 6.07) is 25.4. The van der Waals surface area contributed by atoms with Crippen molar-refractivity contribution < 1.29 is 4.79 Å². The Morgan fingerprint density at radius 2 is 1.66 bits per heavy atom. The number of aromatic nitrogens is 1. The minimum Gasteiger partial charge on any atom is -0.267 e. The van der Waals surface area contributed by atoms with Crippen LogP contribution in [0.25, 0.3) is 16.3 Å². The van der Waals surface area contributed by atoms with E-state index in [1.54, 1.807) is 12.3 Å².